The number of fused-ring (bicyclic) bond motifs is 1. The number of halogens is 2. The number of benzene rings is 3. The largest absolute Gasteiger partial charge is 0.325 e. The van der Waals surface area contributed by atoms with Crippen LogP contribution in [0.5, 0.6) is 0 Å². The summed E-state index contributed by atoms with van der Waals surface area (Å²) >= 11 is 13.1. The van der Waals surface area contributed by atoms with Gasteiger partial charge in [0, 0.05) is 35.6 Å². The SMILES string of the molecule is C=NN(C=NC)c1ccc(-c2ccc(-c3cc4c(cc3Cl)NC(=O)C4)cc2Cl)cc1. The van der Waals surface area contributed by atoms with Gasteiger partial charge in [0.25, 0.3) is 0 Å². The Kier molecular flexibility index (Phi) is 5.57. The number of hydrazone groups is 1. The minimum atomic E-state index is -0.0227. The lowest BCUT2D eigenvalue weighted by atomic mass is 9.98. The Bertz CT molecular complexity index is 1170. The van der Waals surface area contributed by atoms with Crippen LogP contribution in [0, 0.1) is 0 Å². The Morgan fingerprint density at radius 3 is 2.37 bits per heavy atom. The molecule has 3 aromatic carbocycles. The van der Waals surface area contributed by atoms with E-state index in [4.69, 9.17) is 23.2 Å². The van der Waals surface area contributed by atoms with Crippen LogP contribution in [0.2, 0.25) is 10.0 Å². The van der Waals surface area contributed by atoms with Crippen molar-refractivity contribution >= 4 is 53.5 Å². The zero-order chi connectivity index (χ0) is 21.3. The maximum absolute atomic E-state index is 11.6. The molecule has 5 nitrogen and oxygen atoms in total. The smallest absolute Gasteiger partial charge is 0.228 e. The molecule has 150 valence electrons. The molecule has 3 aromatic rings. The number of amides is 1. The van der Waals surface area contributed by atoms with Gasteiger partial charge in [0.05, 0.1) is 17.1 Å². The van der Waals surface area contributed by atoms with Gasteiger partial charge in [-0.05, 0) is 47.0 Å². The molecule has 4 rings (SSSR count). The molecule has 0 bridgehead atoms. The molecule has 0 spiro atoms. The van der Waals surface area contributed by atoms with Crippen LogP contribution < -0.4 is 10.3 Å². The Hall–Kier alpha value is -3.15. The van der Waals surface area contributed by atoms with Crippen molar-refractivity contribution in [1.29, 1.82) is 0 Å². The Labute approximate surface area is 184 Å². The normalized spacial score (nSPS) is 12.7. The molecular formula is C23H18Cl2N4O. The highest BCUT2D eigenvalue weighted by Crippen LogP contribution is 2.38. The first kappa shape index (κ1) is 20.1. The number of carbonyl (C=O) groups is 1. The molecule has 0 radical (unpaired) electrons. The van der Waals surface area contributed by atoms with Gasteiger partial charge in [0.1, 0.15) is 6.34 Å². The Morgan fingerprint density at radius 2 is 1.70 bits per heavy atom. The highest BCUT2D eigenvalue weighted by atomic mass is 35.5. The lowest BCUT2D eigenvalue weighted by Crippen LogP contribution is -2.12. The van der Waals surface area contributed by atoms with Gasteiger partial charge in [-0.25, -0.2) is 5.01 Å². The van der Waals surface area contributed by atoms with E-state index in [2.05, 4.69) is 22.1 Å². The zero-order valence-electron chi connectivity index (χ0n) is 16.2. The van der Waals surface area contributed by atoms with E-state index in [-0.39, 0.29) is 5.91 Å². The van der Waals surface area contributed by atoms with E-state index in [0.717, 1.165) is 39.2 Å². The quantitative estimate of drug-likeness (QED) is 0.307. The molecule has 0 fully saturated rings. The van der Waals surface area contributed by atoms with Gasteiger partial charge in [0.2, 0.25) is 5.91 Å². The highest BCUT2D eigenvalue weighted by molar-refractivity contribution is 6.35. The maximum atomic E-state index is 11.6. The van der Waals surface area contributed by atoms with Crippen molar-refractivity contribution in [1.82, 2.24) is 0 Å². The molecule has 0 saturated heterocycles. The number of hydrogen-bond donors (Lipinski definition) is 1. The lowest BCUT2D eigenvalue weighted by Gasteiger charge is -2.14. The van der Waals surface area contributed by atoms with E-state index in [1.165, 1.54) is 0 Å². The van der Waals surface area contributed by atoms with E-state index in [1.54, 1.807) is 24.5 Å². The lowest BCUT2D eigenvalue weighted by molar-refractivity contribution is -0.115. The van der Waals surface area contributed by atoms with Gasteiger partial charge in [-0.2, -0.15) is 5.10 Å². The minimum Gasteiger partial charge on any atom is -0.325 e. The van der Waals surface area contributed by atoms with Crippen LogP contribution >= 0.6 is 23.2 Å². The first-order chi connectivity index (χ1) is 14.5. The van der Waals surface area contributed by atoms with Crippen molar-refractivity contribution < 1.29 is 4.79 Å². The van der Waals surface area contributed by atoms with Crippen LogP contribution in [-0.2, 0) is 11.2 Å². The predicted octanol–water partition coefficient (Wildman–Crippen LogP) is 5.90. The van der Waals surface area contributed by atoms with Crippen molar-refractivity contribution in [2.24, 2.45) is 10.1 Å². The van der Waals surface area contributed by atoms with Gasteiger partial charge in [-0.3, -0.25) is 9.79 Å². The van der Waals surface area contributed by atoms with Crippen LogP contribution in [0.15, 0.2) is 64.7 Å². The monoisotopic (exact) mass is 436 g/mol. The summed E-state index contributed by atoms with van der Waals surface area (Å²) < 4.78 is 0. The summed E-state index contributed by atoms with van der Waals surface area (Å²) in [5.41, 5.74) is 6.18. The average Bonchev–Trinajstić information content (AvgIpc) is 3.10. The molecule has 0 saturated carbocycles. The molecule has 30 heavy (non-hydrogen) atoms. The van der Waals surface area contributed by atoms with E-state index in [9.17, 15) is 4.79 Å². The number of nitrogens with zero attached hydrogens (tertiary/aromatic N) is 3. The summed E-state index contributed by atoms with van der Waals surface area (Å²) in [5.74, 6) is -0.0227. The van der Waals surface area contributed by atoms with E-state index in [0.29, 0.717) is 16.5 Å². The van der Waals surface area contributed by atoms with Gasteiger partial charge in [0.15, 0.2) is 0 Å². The van der Waals surface area contributed by atoms with Gasteiger partial charge in [-0.15, -0.1) is 0 Å². The second kappa shape index (κ2) is 8.30. The summed E-state index contributed by atoms with van der Waals surface area (Å²) in [6.07, 6.45) is 1.95. The van der Waals surface area contributed by atoms with Gasteiger partial charge in [-0.1, -0.05) is 47.5 Å². The molecule has 0 aliphatic carbocycles. The zero-order valence-corrected chi connectivity index (χ0v) is 17.7. The van der Waals surface area contributed by atoms with Crippen molar-refractivity contribution in [2.45, 2.75) is 6.42 Å². The number of aliphatic imine (C=N–C) groups is 1. The third kappa shape index (κ3) is 3.82. The van der Waals surface area contributed by atoms with Crippen molar-refractivity contribution in [3.63, 3.8) is 0 Å². The molecule has 1 amide bonds. The van der Waals surface area contributed by atoms with Gasteiger partial charge < -0.3 is 5.32 Å². The summed E-state index contributed by atoms with van der Waals surface area (Å²) in [4.78, 5) is 15.6. The summed E-state index contributed by atoms with van der Waals surface area (Å²) in [6.45, 7) is 3.55. The maximum Gasteiger partial charge on any atom is 0.228 e. The summed E-state index contributed by atoms with van der Waals surface area (Å²) in [5, 5.41) is 9.50. The highest BCUT2D eigenvalue weighted by Gasteiger charge is 2.20. The average molecular weight is 437 g/mol. The topological polar surface area (TPSA) is 57.1 Å². The van der Waals surface area contributed by atoms with E-state index in [1.807, 2.05) is 48.5 Å². The van der Waals surface area contributed by atoms with Crippen LogP contribution in [0.3, 0.4) is 0 Å². The third-order valence-corrected chi connectivity index (χ3v) is 5.54. The molecule has 0 atom stereocenters. The first-order valence-corrected chi connectivity index (χ1v) is 9.96. The molecule has 0 aromatic heterocycles. The Morgan fingerprint density at radius 1 is 1.00 bits per heavy atom. The summed E-state index contributed by atoms with van der Waals surface area (Å²) in [7, 11) is 1.68. The van der Waals surface area contributed by atoms with E-state index >= 15 is 0 Å². The first-order valence-electron chi connectivity index (χ1n) is 9.21. The molecule has 1 N–H and O–H groups in total. The number of rotatable bonds is 5. The number of hydrogen-bond acceptors (Lipinski definition) is 3. The van der Waals surface area contributed by atoms with Crippen LogP contribution in [-0.4, -0.2) is 26.0 Å². The standard InChI is InChI=1S/C23H18Cl2N4O/c1-26-13-29(27-2)17-6-3-14(4-7-17)18-8-5-15(10-20(18)24)19-9-16-11-23(30)28-22(16)12-21(19)25/h3-10,12-13H,2,11H2,1H3,(H,28,30). The van der Waals surface area contributed by atoms with Gasteiger partial charge >= 0.3 is 0 Å². The van der Waals surface area contributed by atoms with E-state index < -0.39 is 0 Å². The minimum absolute atomic E-state index is 0.0227. The van der Waals surface area contributed by atoms with Crippen LogP contribution in [0.1, 0.15) is 5.56 Å². The molecule has 1 heterocycles. The fourth-order valence-electron chi connectivity index (χ4n) is 3.47. The van der Waals surface area contributed by atoms with Crippen LogP contribution in [0.25, 0.3) is 22.3 Å². The van der Waals surface area contributed by atoms with Crippen molar-refractivity contribution in [2.75, 3.05) is 17.4 Å². The Balaban J connectivity index is 1.65. The second-order valence-corrected chi connectivity index (χ2v) is 7.63. The van der Waals surface area contributed by atoms with Crippen molar-refractivity contribution in [3.8, 4) is 22.3 Å². The molecular weight excluding hydrogens is 419 g/mol. The molecule has 1 aliphatic rings. The third-order valence-electron chi connectivity index (χ3n) is 4.92. The number of carbonyl (C=O) groups excluding carboxylic acids is 1. The fourth-order valence-corrected chi connectivity index (χ4v) is 4.04. The molecule has 7 heteroatoms. The van der Waals surface area contributed by atoms with Crippen molar-refractivity contribution in [3.05, 3.63) is 70.2 Å². The molecule has 1 aliphatic heterocycles. The second-order valence-electron chi connectivity index (χ2n) is 6.82. The molecule has 0 unspecified atom stereocenters. The number of nitrogens with one attached hydrogen (secondary N) is 1. The predicted molar refractivity (Wildman–Crippen MR) is 126 cm³/mol. The fraction of sp³-hybridized carbons (Fsp3) is 0.0870. The van der Waals surface area contributed by atoms with Crippen LogP contribution in [0.4, 0.5) is 11.4 Å². The number of anilines is 2. The summed E-state index contributed by atoms with van der Waals surface area (Å²) in [6, 6.07) is 17.4.